The molecule has 0 atom stereocenters. The molecule has 2 aromatic rings. The molecule has 3 rings (SSSR count). The Balaban J connectivity index is 1.59. The van der Waals surface area contributed by atoms with Gasteiger partial charge in [0.1, 0.15) is 0 Å². The first kappa shape index (κ1) is 17.0. The smallest absolute Gasteiger partial charge is 0.409 e. The predicted octanol–water partition coefficient (Wildman–Crippen LogP) is 1.66. The standard InChI is InChI=1S/C18H22N4O3/c1-2-25-18(24)22-9-7-21(8-10-22)17(23)12-15-5-3-13-11-14(19)4-6-16(13)20-15/h3-6,11H,2,7-10,12,19H2,1H3. The minimum atomic E-state index is -0.315. The monoisotopic (exact) mass is 342 g/mol. The summed E-state index contributed by atoms with van der Waals surface area (Å²) in [6, 6.07) is 9.31. The second-order valence-electron chi connectivity index (χ2n) is 6.00. The number of hydrogen-bond donors (Lipinski definition) is 1. The summed E-state index contributed by atoms with van der Waals surface area (Å²) in [6.07, 6.45) is -0.0650. The molecule has 1 aliphatic heterocycles. The van der Waals surface area contributed by atoms with Gasteiger partial charge >= 0.3 is 6.09 Å². The van der Waals surface area contributed by atoms with Crippen molar-refractivity contribution in [2.24, 2.45) is 0 Å². The van der Waals surface area contributed by atoms with Crippen LogP contribution in [0.5, 0.6) is 0 Å². The van der Waals surface area contributed by atoms with Gasteiger partial charge in [0.05, 0.1) is 24.2 Å². The van der Waals surface area contributed by atoms with E-state index < -0.39 is 0 Å². The summed E-state index contributed by atoms with van der Waals surface area (Å²) in [7, 11) is 0. The van der Waals surface area contributed by atoms with Crippen LogP contribution in [-0.2, 0) is 16.0 Å². The molecule has 1 saturated heterocycles. The summed E-state index contributed by atoms with van der Waals surface area (Å²) in [6.45, 7) is 4.16. The lowest BCUT2D eigenvalue weighted by atomic mass is 10.1. The van der Waals surface area contributed by atoms with E-state index in [0.29, 0.717) is 38.5 Å². The zero-order chi connectivity index (χ0) is 17.8. The van der Waals surface area contributed by atoms with E-state index in [-0.39, 0.29) is 18.4 Å². The van der Waals surface area contributed by atoms with Gasteiger partial charge in [0, 0.05) is 37.3 Å². The Morgan fingerprint density at radius 3 is 2.56 bits per heavy atom. The Morgan fingerprint density at radius 2 is 1.84 bits per heavy atom. The summed E-state index contributed by atoms with van der Waals surface area (Å²) in [5, 5.41) is 0.958. The molecule has 132 valence electrons. The molecular weight excluding hydrogens is 320 g/mol. The summed E-state index contributed by atoms with van der Waals surface area (Å²) in [5.74, 6) is 0.0193. The third kappa shape index (κ3) is 3.99. The molecule has 0 unspecified atom stereocenters. The molecule has 1 fully saturated rings. The molecule has 0 radical (unpaired) electrons. The Hall–Kier alpha value is -2.83. The van der Waals surface area contributed by atoms with E-state index in [9.17, 15) is 9.59 Å². The fourth-order valence-electron chi connectivity index (χ4n) is 2.90. The lowest BCUT2D eigenvalue weighted by Crippen LogP contribution is -2.51. The third-order valence-electron chi connectivity index (χ3n) is 4.26. The second-order valence-corrected chi connectivity index (χ2v) is 6.00. The van der Waals surface area contributed by atoms with Crippen molar-refractivity contribution in [3.8, 4) is 0 Å². The molecule has 2 N–H and O–H groups in total. The highest BCUT2D eigenvalue weighted by Crippen LogP contribution is 2.17. The molecule has 0 aliphatic carbocycles. The molecule has 2 amide bonds. The average molecular weight is 342 g/mol. The number of aromatic nitrogens is 1. The number of hydrogen-bond acceptors (Lipinski definition) is 5. The number of ether oxygens (including phenoxy) is 1. The normalized spacial score (nSPS) is 14.6. The summed E-state index contributed by atoms with van der Waals surface area (Å²) < 4.78 is 4.99. The zero-order valence-electron chi connectivity index (χ0n) is 14.3. The molecule has 1 aliphatic rings. The number of nitrogens with two attached hydrogens (primary N) is 1. The number of anilines is 1. The predicted molar refractivity (Wildman–Crippen MR) is 95.0 cm³/mol. The number of pyridine rings is 1. The molecule has 7 nitrogen and oxygen atoms in total. The first-order valence-electron chi connectivity index (χ1n) is 8.41. The van der Waals surface area contributed by atoms with Gasteiger partial charge in [-0.1, -0.05) is 6.07 Å². The highest BCUT2D eigenvalue weighted by atomic mass is 16.6. The Morgan fingerprint density at radius 1 is 1.12 bits per heavy atom. The van der Waals surface area contributed by atoms with Crippen LogP contribution in [0.25, 0.3) is 10.9 Å². The Kier molecular flexibility index (Phi) is 5.02. The summed E-state index contributed by atoms with van der Waals surface area (Å²) in [5.41, 5.74) is 8.02. The molecule has 7 heteroatoms. The zero-order valence-corrected chi connectivity index (χ0v) is 14.3. The molecule has 0 bridgehead atoms. The molecule has 1 aromatic heterocycles. The molecule has 1 aromatic carbocycles. The van der Waals surface area contributed by atoms with E-state index >= 15 is 0 Å². The minimum Gasteiger partial charge on any atom is -0.450 e. The summed E-state index contributed by atoms with van der Waals surface area (Å²) in [4.78, 5) is 32.1. The van der Waals surface area contributed by atoms with Crippen molar-refractivity contribution in [3.63, 3.8) is 0 Å². The number of rotatable bonds is 3. The molecule has 0 spiro atoms. The largest absolute Gasteiger partial charge is 0.450 e. The van der Waals surface area contributed by atoms with Crippen LogP contribution >= 0.6 is 0 Å². The van der Waals surface area contributed by atoms with E-state index in [0.717, 1.165) is 16.6 Å². The number of carbonyl (C=O) groups excluding carboxylic acids is 2. The quantitative estimate of drug-likeness (QED) is 0.857. The van der Waals surface area contributed by atoms with Crippen LogP contribution in [0.3, 0.4) is 0 Å². The van der Waals surface area contributed by atoms with Gasteiger partial charge < -0.3 is 20.3 Å². The number of piperazine rings is 1. The highest BCUT2D eigenvalue weighted by molar-refractivity contribution is 5.83. The number of amides is 2. The molecule has 2 heterocycles. The SMILES string of the molecule is CCOC(=O)N1CCN(C(=O)Cc2ccc3cc(N)ccc3n2)CC1. The highest BCUT2D eigenvalue weighted by Gasteiger charge is 2.24. The summed E-state index contributed by atoms with van der Waals surface area (Å²) >= 11 is 0. The number of benzene rings is 1. The van der Waals surface area contributed by atoms with Crippen molar-refractivity contribution in [1.82, 2.24) is 14.8 Å². The number of carbonyl (C=O) groups is 2. The van der Waals surface area contributed by atoms with Crippen molar-refractivity contribution in [1.29, 1.82) is 0 Å². The van der Waals surface area contributed by atoms with Gasteiger partial charge in [-0.15, -0.1) is 0 Å². The maximum atomic E-state index is 12.5. The topological polar surface area (TPSA) is 88.8 Å². The maximum absolute atomic E-state index is 12.5. The first-order chi connectivity index (χ1) is 12.1. The van der Waals surface area contributed by atoms with Crippen LogP contribution in [0.15, 0.2) is 30.3 Å². The average Bonchev–Trinajstić information content (AvgIpc) is 2.62. The van der Waals surface area contributed by atoms with Gasteiger partial charge in [0.25, 0.3) is 0 Å². The van der Waals surface area contributed by atoms with Crippen LogP contribution in [-0.4, -0.2) is 59.6 Å². The fraction of sp³-hybridized carbons (Fsp3) is 0.389. The van der Waals surface area contributed by atoms with E-state index in [1.54, 1.807) is 22.8 Å². The first-order valence-corrected chi connectivity index (χ1v) is 8.41. The van der Waals surface area contributed by atoms with E-state index in [4.69, 9.17) is 10.5 Å². The second kappa shape index (κ2) is 7.38. The Labute approximate surface area is 146 Å². The van der Waals surface area contributed by atoms with Gasteiger partial charge in [-0.2, -0.15) is 0 Å². The van der Waals surface area contributed by atoms with Crippen LogP contribution in [0.4, 0.5) is 10.5 Å². The molecule has 25 heavy (non-hydrogen) atoms. The van der Waals surface area contributed by atoms with Crippen LogP contribution in [0.1, 0.15) is 12.6 Å². The fourth-order valence-corrected chi connectivity index (χ4v) is 2.90. The van der Waals surface area contributed by atoms with E-state index in [1.807, 2.05) is 24.3 Å². The van der Waals surface area contributed by atoms with Crippen molar-refractivity contribution < 1.29 is 14.3 Å². The van der Waals surface area contributed by atoms with Crippen molar-refractivity contribution in [2.75, 3.05) is 38.5 Å². The van der Waals surface area contributed by atoms with Crippen molar-refractivity contribution in [2.45, 2.75) is 13.3 Å². The van der Waals surface area contributed by atoms with Gasteiger partial charge in [-0.05, 0) is 31.2 Å². The number of fused-ring (bicyclic) bond motifs is 1. The Bertz CT molecular complexity index is 785. The van der Waals surface area contributed by atoms with Crippen LogP contribution in [0, 0.1) is 0 Å². The molecular formula is C18H22N4O3. The van der Waals surface area contributed by atoms with Crippen molar-refractivity contribution >= 4 is 28.6 Å². The van der Waals surface area contributed by atoms with Gasteiger partial charge in [0.15, 0.2) is 0 Å². The van der Waals surface area contributed by atoms with Crippen molar-refractivity contribution in [3.05, 3.63) is 36.0 Å². The van der Waals surface area contributed by atoms with Gasteiger partial charge in [-0.25, -0.2) is 4.79 Å². The van der Waals surface area contributed by atoms with E-state index in [1.165, 1.54) is 0 Å². The lowest BCUT2D eigenvalue weighted by Gasteiger charge is -2.34. The number of nitrogens with zero attached hydrogens (tertiary/aromatic N) is 3. The minimum absolute atomic E-state index is 0.0193. The van der Waals surface area contributed by atoms with Crippen LogP contribution in [0.2, 0.25) is 0 Å². The number of nitrogen functional groups attached to an aromatic ring is 1. The third-order valence-corrected chi connectivity index (χ3v) is 4.26. The lowest BCUT2D eigenvalue weighted by molar-refractivity contribution is -0.132. The molecule has 0 saturated carbocycles. The van der Waals surface area contributed by atoms with E-state index in [2.05, 4.69) is 4.98 Å². The maximum Gasteiger partial charge on any atom is 0.409 e. The van der Waals surface area contributed by atoms with Gasteiger partial charge in [-0.3, -0.25) is 9.78 Å². The van der Waals surface area contributed by atoms with Gasteiger partial charge in [0.2, 0.25) is 5.91 Å². The van der Waals surface area contributed by atoms with Crippen LogP contribution < -0.4 is 5.73 Å².